The summed E-state index contributed by atoms with van der Waals surface area (Å²) in [7, 11) is 3.30. The largest absolute Gasteiger partial charge is 0.359 e. The number of hydrogen-bond donors (Lipinski definition) is 1. The van der Waals surface area contributed by atoms with Gasteiger partial charge >= 0.3 is 0 Å². The summed E-state index contributed by atoms with van der Waals surface area (Å²) in [5.74, 6) is -0.192. The van der Waals surface area contributed by atoms with E-state index in [2.05, 4.69) is 10.3 Å². The van der Waals surface area contributed by atoms with Crippen LogP contribution in [-0.4, -0.2) is 46.2 Å². The summed E-state index contributed by atoms with van der Waals surface area (Å²) in [4.78, 5) is 29.8. The van der Waals surface area contributed by atoms with Crippen molar-refractivity contribution in [1.29, 1.82) is 0 Å². The molecule has 0 spiro atoms. The molecule has 1 unspecified atom stereocenters. The highest BCUT2D eigenvalue weighted by atomic mass is 16.2. The Kier molecular flexibility index (Phi) is 4.26. The number of aryl methyl sites for hydroxylation is 1. The van der Waals surface area contributed by atoms with E-state index in [4.69, 9.17) is 0 Å². The number of pyridine rings is 1. The molecule has 21 heavy (non-hydrogen) atoms. The van der Waals surface area contributed by atoms with Gasteiger partial charge in [0.15, 0.2) is 0 Å². The van der Waals surface area contributed by atoms with E-state index in [1.54, 1.807) is 31.3 Å². The number of rotatable bonds is 4. The molecule has 0 aliphatic heterocycles. The van der Waals surface area contributed by atoms with Gasteiger partial charge in [-0.3, -0.25) is 9.59 Å². The van der Waals surface area contributed by atoms with Gasteiger partial charge in [-0.15, -0.1) is 0 Å². The zero-order valence-electron chi connectivity index (χ0n) is 12.8. The fraction of sp³-hybridized carbons (Fsp3) is 0.400. The summed E-state index contributed by atoms with van der Waals surface area (Å²) in [5.41, 5.74) is 2.29. The normalized spacial score (nSPS) is 12.2. The third kappa shape index (κ3) is 3.21. The molecule has 2 heterocycles. The Morgan fingerprint density at radius 1 is 1.38 bits per heavy atom. The molecule has 2 amide bonds. The van der Waals surface area contributed by atoms with E-state index in [0.29, 0.717) is 5.56 Å². The van der Waals surface area contributed by atoms with Gasteiger partial charge in [0.25, 0.3) is 5.91 Å². The highest BCUT2D eigenvalue weighted by Gasteiger charge is 2.20. The first-order valence-corrected chi connectivity index (χ1v) is 6.85. The minimum absolute atomic E-state index is 0.0807. The lowest BCUT2D eigenvalue weighted by molar-refractivity contribution is -0.121. The van der Waals surface area contributed by atoms with Gasteiger partial charge in [0.05, 0.1) is 11.3 Å². The Balaban J connectivity index is 2.18. The Labute approximate surface area is 123 Å². The highest BCUT2D eigenvalue weighted by Crippen LogP contribution is 2.12. The lowest BCUT2D eigenvalue weighted by Crippen LogP contribution is -2.38. The molecule has 1 N–H and O–H groups in total. The van der Waals surface area contributed by atoms with Gasteiger partial charge in [-0.05, 0) is 26.0 Å². The van der Waals surface area contributed by atoms with Crippen molar-refractivity contribution in [2.75, 3.05) is 14.1 Å². The molecule has 0 aliphatic carbocycles. The zero-order chi connectivity index (χ0) is 15.6. The second-order valence-corrected chi connectivity index (χ2v) is 5.21. The van der Waals surface area contributed by atoms with Crippen LogP contribution >= 0.6 is 0 Å². The number of imidazole rings is 1. The molecule has 0 saturated heterocycles. The zero-order valence-corrected chi connectivity index (χ0v) is 12.8. The van der Waals surface area contributed by atoms with Gasteiger partial charge in [0.2, 0.25) is 5.91 Å². The number of fused-ring (bicyclic) bond motifs is 1. The number of hydrogen-bond acceptors (Lipinski definition) is 3. The Bertz CT molecular complexity index is 677. The summed E-state index contributed by atoms with van der Waals surface area (Å²) in [6, 6.07) is 3.41. The van der Waals surface area contributed by atoms with E-state index < -0.39 is 0 Å². The van der Waals surface area contributed by atoms with Crippen molar-refractivity contribution in [2.24, 2.45) is 0 Å². The van der Waals surface area contributed by atoms with Gasteiger partial charge in [-0.25, -0.2) is 4.98 Å². The van der Waals surface area contributed by atoms with Crippen molar-refractivity contribution < 1.29 is 9.59 Å². The van der Waals surface area contributed by atoms with Crippen molar-refractivity contribution in [3.8, 4) is 0 Å². The monoisotopic (exact) mass is 288 g/mol. The summed E-state index contributed by atoms with van der Waals surface area (Å²) in [5, 5.41) is 2.57. The lowest BCUT2D eigenvalue weighted by atomic mass is 10.1. The Morgan fingerprint density at radius 3 is 2.76 bits per heavy atom. The summed E-state index contributed by atoms with van der Waals surface area (Å²) < 4.78 is 1.83. The molecule has 0 aliphatic rings. The first-order valence-electron chi connectivity index (χ1n) is 6.85. The molecule has 0 radical (unpaired) electrons. The summed E-state index contributed by atoms with van der Waals surface area (Å²) >= 11 is 0. The number of nitrogens with zero attached hydrogens (tertiary/aromatic N) is 3. The molecule has 1 atom stereocenters. The van der Waals surface area contributed by atoms with E-state index in [-0.39, 0.29) is 24.3 Å². The fourth-order valence-corrected chi connectivity index (χ4v) is 2.16. The van der Waals surface area contributed by atoms with E-state index in [1.807, 2.05) is 30.5 Å². The van der Waals surface area contributed by atoms with Gasteiger partial charge in [-0.1, -0.05) is 0 Å². The van der Waals surface area contributed by atoms with Crippen molar-refractivity contribution in [3.05, 3.63) is 35.8 Å². The molecular weight excluding hydrogens is 268 g/mol. The van der Waals surface area contributed by atoms with Crippen LogP contribution in [0.4, 0.5) is 0 Å². The molecule has 0 aromatic carbocycles. The fourth-order valence-electron chi connectivity index (χ4n) is 2.16. The predicted octanol–water partition coefficient (Wildman–Crippen LogP) is 1.24. The van der Waals surface area contributed by atoms with E-state index in [1.165, 1.54) is 0 Å². The topological polar surface area (TPSA) is 66.7 Å². The lowest BCUT2D eigenvalue weighted by Gasteiger charge is -2.24. The first kappa shape index (κ1) is 15.0. The number of carbonyl (C=O) groups excluding carboxylic acids is 2. The second-order valence-electron chi connectivity index (χ2n) is 5.21. The highest BCUT2D eigenvalue weighted by molar-refractivity contribution is 5.94. The van der Waals surface area contributed by atoms with Gasteiger partial charge in [0, 0.05) is 39.0 Å². The average Bonchev–Trinajstić information content (AvgIpc) is 2.84. The van der Waals surface area contributed by atoms with Crippen molar-refractivity contribution in [2.45, 2.75) is 26.3 Å². The quantitative estimate of drug-likeness (QED) is 0.920. The summed E-state index contributed by atoms with van der Waals surface area (Å²) in [6.07, 6.45) is 3.92. The molecule has 0 saturated carbocycles. The third-order valence-corrected chi connectivity index (χ3v) is 3.56. The molecule has 6 heteroatoms. The van der Waals surface area contributed by atoms with Crippen LogP contribution in [0.3, 0.4) is 0 Å². The standard InChI is InChI=1S/C15H20N4O2/c1-10-8-19-9-12(5-6-13(19)17-10)15(21)18(4)11(2)7-14(20)16-3/h5-6,8-9,11H,7H2,1-4H3,(H,16,20). The van der Waals surface area contributed by atoms with Gasteiger partial charge in [0.1, 0.15) is 5.65 Å². The molecule has 2 rings (SSSR count). The number of amides is 2. The van der Waals surface area contributed by atoms with E-state index >= 15 is 0 Å². The number of nitrogens with one attached hydrogen (secondary N) is 1. The number of carbonyl (C=O) groups is 2. The van der Waals surface area contributed by atoms with Crippen LogP contribution in [-0.2, 0) is 4.79 Å². The van der Waals surface area contributed by atoms with E-state index in [0.717, 1.165) is 11.3 Å². The van der Waals surface area contributed by atoms with Crippen LogP contribution in [0, 0.1) is 6.92 Å². The van der Waals surface area contributed by atoms with Gasteiger partial charge in [-0.2, -0.15) is 0 Å². The number of aromatic nitrogens is 2. The average molecular weight is 288 g/mol. The molecule has 2 aromatic rings. The maximum absolute atomic E-state index is 12.5. The Hall–Kier alpha value is -2.37. The van der Waals surface area contributed by atoms with Gasteiger partial charge < -0.3 is 14.6 Å². The first-order chi connectivity index (χ1) is 9.92. The smallest absolute Gasteiger partial charge is 0.255 e. The Morgan fingerprint density at radius 2 is 2.10 bits per heavy atom. The van der Waals surface area contributed by atoms with Crippen molar-refractivity contribution >= 4 is 17.5 Å². The summed E-state index contributed by atoms with van der Waals surface area (Å²) in [6.45, 7) is 3.76. The van der Waals surface area contributed by atoms with Crippen molar-refractivity contribution in [1.82, 2.24) is 19.6 Å². The minimum atomic E-state index is -0.169. The van der Waals surface area contributed by atoms with Crippen LogP contribution in [0.15, 0.2) is 24.5 Å². The van der Waals surface area contributed by atoms with Crippen LogP contribution in [0.25, 0.3) is 5.65 Å². The third-order valence-electron chi connectivity index (χ3n) is 3.56. The maximum atomic E-state index is 12.5. The molecular formula is C15H20N4O2. The predicted molar refractivity (Wildman–Crippen MR) is 80.2 cm³/mol. The minimum Gasteiger partial charge on any atom is -0.359 e. The van der Waals surface area contributed by atoms with Crippen LogP contribution in [0.1, 0.15) is 29.4 Å². The molecule has 6 nitrogen and oxygen atoms in total. The van der Waals surface area contributed by atoms with Crippen LogP contribution in [0.2, 0.25) is 0 Å². The van der Waals surface area contributed by atoms with Crippen LogP contribution in [0.5, 0.6) is 0 Å². The molecule has 2 aromatic heterocycles. The molecule has 0 fully saturated rings. The maximum Gasteiger partial charge on any atom is 0.255 e. The molecule has 0 bridgehead atoms. The van der Waals surface area contributed by atoms with Crippen LogP contribution < -0.4 is 5.32 Å². The second kappa shape index (κ2) is 5.95. The van der Waals surface area contributed by atoms with Crippen molar-refractivity contribution in [3.63, 3.8) is 0 Å². The molecule has 112 valence electrons. The SMILES string of the molecule is CNC(=O)CC(C)N(C)C(=O)c1ccc2nc(C)cn2c1. The van der Waals surface area contributed by atoms with E-state index in [9.17, 15) is 9.59 Å².